The van der Waals surface area contributed by atoms with Gasteiger partial charge in [0.05, 0.1) is 19.1 Å². The Morgan fingerprint density at radius 3 is 2.16 bits per heavy atom. The summed E-state index contributed by atoms with van der Waals surface area (Å²) >= 11 is 2.17. The molecule has 0 unspecified atom stereocenters. The highest BCUT2D eigenvalue weighted by Gasteiger charge is 2.29. The molecule has 8 heteroatoms. The maximum absolute atomic E-state index is 12.5. The SMILES string of the molecule is COc1ccc(N([C@@H](C)C(=O)Nc2ccc(I)cc2)S(C)(=O)=O)cc1. The van der Waals surface area contributed by atoms with Crippen LogP contribution in [0.3, 0.4) is 0 Å². The van der Waals surface area contributed by atoms with E-state index in [-0.39, 0.29) is 0 Å². The van der Waals surface area contributed by atoms with Crippen molar-refractivity contribution in [2.24, 2.45) is 0 Å². The lowest BCUT2D eigenvalue weighted by Gasteiger charge is -2.28. The lowest BCUT2D eigenvalue weighted by molar-refractivity contribution is -0.116. The number of anilines is 2. The van der Waals surface area contributed by atoms with Crippen LogP contribution < -0.4 is 14.4 Å². The van der Waals surface area contributed by atoms with Crippen LogP contribution in [0, 0.1) is 3.57 Å². The van der Waals surface area contributed by atoms with Gasteiger partial charge in [-0.1, -0.05) is 0 Å². The van der Waals surface area contributed by atoms with Gasteiger partial charge in [-0.05, 0) is 78.0 Å². The van der Waals surface area contributed by atoms with E-state index in [0.29, 0.717) is 17.1 Å². The Morgan fingerprint density at radius 2 is 1.68 bits per heavy atom. The third-order valence-corrected chi connectivity index (χ3v) is 5.49. The Bertz CT molecular complexity index is 836. The molecule has 0 bridgehead atoms. The molecule has 6 nitrogen and oxygen atoms in total. The second-order valence-corrected chi connectivity index (χ2v) is 8.53. The molecule has 0 radical (unpaired) electrons. The Labute approximate surface area is 161 Å². The van der Waals surface area contributed by atoms with E-state index in [2.05, 4.69) is 27.9 Å². The van der Waals surface area contributed by atoms with E-state index in [1.807, 2.05) is 12.1 Å². The van der Waals surface area contributed by atoms with E-state index in [9.17, 15) is 13.2 Å². The minimum Gasteiger partial charge on any atom is -0.497 e. The maximum Gasteiger partial charge on any atom is 0.247 e. The summed E-state index contributed by atoms with van der Waals surface area (Å²) in [6, 6.07) is 12.9. The average molecular weight is 474 g/mol. The summed E-state index contributed by atoms with van der Waals surface area (Å²) in [7, 11) is -2.12. The number of hydrogen-bond donors (Lipinski definition) is 1. The topological polar surface area (TPSA) is 75.7 Å². The molecule has 0 spiro atoms. The fraction of sp³-hybridized carbons (Fsp3) is 0.235. The van der Waals surface area contributed by atoms with E-state index in [1.54, 1.807) is 43.3 Å². The van der Waals surface area contributed by atoms with Crippen LogP contribution in [0.2, 0.25) is 0 Å². The van der Waals surface area contributed by atoms with Crippen molar-refractivity contribution in [1.82, 2.24) is 0 Å². The van der Waals surface area contributed by atoms with Crippen molar-refractivity contribution in [2.45, 2.75) is 13.0 Å². The van der Waals surface area contributed by atoms with Crippen molar-refractivity contribution in [3.63, 3.8) is 0 Å². The summed E-state index contributed by atoms with van der Waals surface area (Å²) in [5.74, 6) is 0.190. The van der Waals surface area contributed by atoms with Gasteiger partial charge >= 0.3 is 0 Å². The van der Waals surface area contributed by atoms with Gasteiger partial charge in [-0.15, -0.1) is 0 Å². The number of sulfonamides is 1. The standard InChI is InChI=1S/C17H19IN2O4S/c1-12(17(21)19-14-6-4-13(18)5-7-14)20(25(3,22)23)15-8-10-16(24-2)11-9-15/h4-12H,1-3H3,(H,19,21)/t12-/m0/s1. The van der Waals surface area contributed by atoms with Gasteiger partial charge in [0.2, 0.25) is 15.9 Å². The average Bonchev–Trinajstić information content (AvgIpc) is 2.56. The third-order valence-electron chi connectivity index (χ3n) is 3.53. The summed E-state index contributed by atoms with van der Waals surface area (Å²) < 4.78 is 31.7. The normalized spacial score (nSPS) is 12.3. The molecule has 0 saturated heterocycles. The van der Waals surface area contributed by atoms with Gasteiger partial charge in [0.15, 0.2) is 0 Å². The molecule has 2 rings (SSSR count). The minimum absolute atomic E-state index is 0.397. The minimum atomic E-state index is -3.65. The van der Waals surface area contributed by atoms with Gasteiger partial charge in [-0.25, -0.2) is 8.42 Å². The first-order valence-electron chi connectivity index (χ1n) is 7.42. The lowest BCUT2D eigenvalue weighted by Crippen LogP contribution is -2.45. The number of carbonyl (C=O) groups is 1. The van der Waals surface area contributed by atoms with Gasteiger partial charge < -0.3 is 10.1 Å². The summed E-state index contributed by atoms with van der Waals surface area (Å²) in [5, 5.41) is 2.74. The number of ether oxygens (including phenoxy) is 1. The van der Waals surface area contributed by atoms with Crippen molar-refractivity contribution >= 4 is 49.9 Å². The van der Waals surface area contributed by atoms with Gasteiger partial charge in [-0.3, -0.25) is 9.10 Å². The van der Waals surface area contributed by atoms with Gasteiger partial charge in [0.25, 0.3) is 0 Å². The van der Waals surface area contributed by atoms with Crippen molar-refractivity contribution in [3.05, 3.63) is 52.1 Å². The van der Waals surface area contributed by atoms with Crippen LogP contribution in [0.15, 0.2) is 48.5 Å². The maximum atomic E-state index is 12.5. The molecule has 1 amide bonds. The number of rotatable bonds is 6. The summed E-state index contributed by atoms with van der Waals surface area (Å²) in [6.45, 7) is 1.55. The van der Waals surface area contributed by atoms with Gasteiger partial charge in [0, 0.05) is 9.26 Å². The molecule has 0 aliphatic carbocycles. The molecule has 25 heavy (non-hydrogen) atoms. The molecule has 0 saturated carbocycles. The molecule has 0 aliphatic rings. The molecule has 0 aliphatic heterocycles. The molecule has 0 fully saturated rings. The molecule has 0 heterocycles. The first-order chi connectivity index (χ1) is 11.7. The van der Waals surface area contributed by atoms with E-state index in [0.717, 1.165) is 14.1 Å². The van der Waals surface area contributed by atoms with E-state index in [4.69, 9.17) is 4.74 Å². The van der Waals surface area contributed by atoms with Crippen LogP contribution in [-0.4, -0.2) is 33.7 Å². The molecule has 134 valence electrons. The highest BCUT2D eigenvalue weighted by molar-refractivity contribution is 14.1. The first kappa shape index (κ1) is 19.5. The number of carbonyl (C=O) groups excluding carboxylic acids is 1. The zero-order valence-corrected chi connectivity index (χ0v) is 17.0. The molecule has 2 aromatic carbocycles. The molecular weight excluding hydrogens is 455 g/mol. The van der Waals surface area contributed by atoms with Crippen LogP contribution >= 0.6 is 22.6 Å². The van der Waals surface area contributed by atoms with E-state index < -0.39 is 22.0 Å². The first-order valence-corrected chi connectivity index (χ1v) is 10.3. The number of benzene rings is 2. The smallest absolute Gasteiger partial charge is 0.247 e. The number of amides is 1. The summed E-state index contributed by atoms with van der Waals surface area (Å²) in [5.41, 5.74) is 1.01. The molecule has 1 atom stereocenters. The lowest BCUT2D eigenvalue weighted by atomic mass is 10.2. The van der Waals surface area contributed by atoms with Crippen molar-refractivity contribution < 1.29 is 17.9 Å². The third kappa shape index (κ3) is 5.08. The number of nitrogens with one attached hydrogen (secondary N) is 1. The van der Waals surface area contributed by atoms with Crippen LogP contribution in [-0.2, 0) is 14.8 Å². The number of methoxy groups -OCH3 is 1. The number of halogens is 1. The van der Waals surface area contributed by atoms with E-state index in [1.165, 1.54) is 7.11 Å². The van der Waals surface area contributed by atoms with Gasteiger partial charge in [0.1, 0.15) is 11.8 Å². The predicted octanol–water partition coefficient (Wildman–Crippen LogP) is 3.09. The van der Waals surface area contributed by atoms with Crippen molar-refractivity contribution in [2.75, 3.05) is 23.0 Å². The fourth-order valence-corrected chi connectivity index (χ4v) is 3.85. The second kappa shape index (κ2) is 8.05. The Balaban J connectivity index is 2.27. The Kier molecular flexibility index (Phi) is 6.28. The number of nitrogens with zero attached hydrogens (tertiary/aromatic N) is 1. The molecular formula is C17H19IN2O4S. The summed E-state index contributed by atoms with van der Waals surface area (Å²) in [6.07, 6.45) is 1.08. The van der Waals surface area contributed by atoms with Crippen LogP contribution in [0.25, 0.3) is 0 Å². The van der Waals surface area contributed by atoms with E-state index >= 15 is 0 Å². The summed E-state index contributed by atoms with van der Waals surface area (Å²) in [4.78, 5) is 12.5. The highest BCUT2D eigenvalue weighted by Crippen LogP contribution is 2.24. The van der Waals surface area contributed by atoms with Crippen LogP contribution in [0.4, 0.5) is 11.4 Å². The van der Waals surface area contributed by atoms with Crippen molar-refractivity contribution in [3.8, 4) is 5.75 Å². The molecule has 2 aromatic rings. The van der Waals surface area contributed by atoms with Crippen molar-refractivity contribution in [1.29, 1.82) is 0 Å². The fourth-order valence-electron chi connectivity index (χ4n) is 2.32. The zero-order valence-electron chi connectivity index (χ0n) is 14.1. The second-order valence-electron chi connectivity index (χ2n) is 5.43. The quantitative estimate of drug-likeness (QED) is 0.654. The van der Waals surface area contributed by atoms with Crippen LogP contribution in [0.1, 0.15) is 6.92 Å². The predicted molar refractivity (Wildman–Crippen MR) is 108 cm³/mol. The molecule has 0 aromatic heterocycles. The highest BCUT2D eigenvalue weighted by atomic mass is 127. The molecule has 1 N–H and O–H groups in total. The van der Waals surface area contributed by atoms with Gasteiger partial charge in [-0.2, -0.15) is 0 Å². The monoisotopic (exact) mass is 474 g/mol. The van der Waals surface area contributed by atoms with Crippen LogP contribution in [0.5, 0.6) is 5.75 Å². The zero-order chi connectivity index (χ0) is 18.6. The largest absolute Gasteiger partial charge is 0.497 e. The Hall–Kier alpha value is -1.81. The number of hydrogen-bond acceptors (Lipinski definition) is 4. The Morgan fingerprint density at radius 1 is 1.12 bits per heavy atom.